The predicted octanol–water partition coefficient (Wildman–Crippen LogP) is 1.58. The van der Waals surface area contributed by atoms with Crippen molar-refractivity contribution in [1.82, 2.24) is 9.78 Å². The molecule has 0 spiro atoms. The van der Waals surface area contributed by atoms with E-state index in [2.05, 4.69) is 15.2 Å². The van der Waals surface area contributed by atoms with Crippen LogP contribution >= 0.6 is 11.6 Å². The van der Waals surface area contributed by atoms with E-state index < -0.39 is 34.8 Å². The van der Waals surface area contributed by atoms with Crippen molar-refractivity contribution in [3.05, 3.63) is 21.6 Å². The maximum atomic E-state index is 12.8. The second kappa shape index (κ2) is 5.21. The van der Waals surface area contributed by atoms with Gasteiger partial charge in [0, 0.05) is 0 Å². The summed E-state index contributed by atoms with van der Waals surface area (Å²) in [4.78, 5) is 22.9. The lowest BCUT2D eigenvalue weighted by Gasteiger charge is -2.22. The number of nitrogens with zero attached hydrogens (tertiary/aromatic N) is 2. The summed E-state index contributed by atoms with van der Waals surface area (Å²) in [5, 5.41) is 5.38. The summed E-state index contributed by atoms with van der Waals surface area (Å²) in [7, 11) is 1.13. The van der Waals surface area contributed by atoms with E-state index in [0.717, 1.165) is 13.3 Å². The van der Waals surface area contributed by atoms with Crippen LogP contribution in [-0.2, 0) is 16.1 Å². The molecule has 0 bridgehead atoms. The number of carbonyl (C=O) groups excluding carboxylic acids is 1. The van der Waals surface area contributed by atoms with E-state index in [4.69, 9.17) is 11.6 Å². The third kappa shape index (κ3) is 2.97. The molecular formula is C11H11ClF3N3O3. The second-order valence-corrected chi connectivity index (χ2v) is 4.99. The molecule has 1 aliphatic rings. The predicted molar refractivity (Wildman–Crippen MR) is 67.2 cm³/mol. The van der Waals surface area contributed by atoms with Crippen LogP contribution in [0.4, 0.5) is 18.9 Å². The minimum Gasteiger partial charge on any atom is -0.468 e. The van der Waals surface area contributed by atoms with Crippen molar-refractivity contribution in [2.24, 2.45) is 0 Å². The van der Waals surface area contributed by atoms with Crippen molar-refractivity contribution in [3.63, 3.8) is 0 Å². The largest absolute Gasteiger partial charge is 0.468 e. The first kappa shape index (κ1) is 15.6. The Labute approximate surface area is 121 Å². The SMILES string of the molecule is COC(=O)Cn1ncc(NC2(C(F)(F)F)CC2)c(Cl)c1=O. The fraction of sp³-hybridized carbons (Fsp3) is 0.545. The maximum Gasteiger partial charge on any atom is 0.411 e. The molecule has 10 heteroatoms. The third-order valence-corrected chi connectivity index (χ3v) is 3.52. The fourth-order valence-corrected chi connectivity index (χ4v) is 1.91. The third-order valence-electron chi connectivity index (χ3n) is 3.16. The van der Waals surface area contributed by atoms with Gasteiger partial charge in [-0.15, -0.1) is 0 Å². The molecule has 0 aromatic carbocycles. The zero-order chi connectivity index (χ0) is 15.8. The van der Waals surface area contributed by atoms with Gasteiger partial charge >= 0.3 is 12.1 Å². The lowest BCUT2D eigenvalue weighted by Crippen LogP contribution is -2.39. The molecule has 116 valence electrons. The number of esters is 1. The number of halogens is 4. The van der Waals surface area contributed by atoms with E-state index >= 15 is 0 Å². The zero-order valence-electron chi connectivity index (χ0n) is 10.8. The Morgan fingerprint density at radius 3 is 2.67 bits per heavy atom. The Kier molecular flexibility index (Phi) is 3.87. The highest BCUT2D eigenvalue weighted by Gasteiger charge is 2.63. The molecule has 0 radical (unpaired) electrons. The lowest BCUT2D eigenvalue weighted by atomic mass is 10.2. The smallest absolute Gasteiger partial charge is 0.411 e. The second-order valence-electron chi connectivity index (χ2n) is 4.62. The molecule has 0 unspecified atom stereocenters. The van der Waals surface area contributed by atoms with E-state index in [-0.39, 0.29) is 18.5 Å². The summed E-state index contributed by atoms with van der Waals surface area (Å²) < 4.78 is 43.6. The average molecular weight is 326 g/mol. The molecule has 1 fully saturated rings. The molecule has 1 aliphatic carbocycles. The summed E-state index contributed by atoms with van der Waals surface area (Å²) in [6.07, 6.45) is -3.66. The van der Waals surface area contributed by atoms with Crippen LogP contribution in [0.3, 0.4) is 0 Å². The molecule has 0 atom stereocenters. The van der Waals surface area contributed by atoms with Crippen molar-refractivity contribution >= 4 is 23.3 Å². The Hall–Kier alpha value is -1.77. The molecule has 0 aliphatic heterocycles. The number of anilines is 1. The number of methoxy groups -OCH3 is 1. The number of alkyl halides is 3. The first-order valence-corrected chi connectivity index (χ1v) is 6.25. The zero-order valence-corrected chi connectivity index (χ0v) is 11.6. The van der Waals surface area contributed by atoms with Crippen molar-refractivity contribution in [2.75, 3.05) is 12.4 Å². The van der Waals surface area contributed by atoms with E-state index in [9.17, 15) is 22.8 Å². The van der Waals surface area contributed by atoms with Gasteiger partial charge in [0.2, 0.25) is 0 Å². The Balaban J connectivity index is 2.26. The van der Waals surface area contributed by atoms with Gasteiger partial charge in [0.1, 0.15) is 17.1 Å². The van der Waals surface area contributed by atoms with Crippen molar-refractivity contribution in [2.45, 2.75) is 31.1 Å². The standard InChI is InChI=1S/C11H11ClF3N3O3/c1-21-7(19)5-18-9(20)8(12)6(4-16-18)17-10(2-3-10)11(13,14)15/h4,17H,2-3,5H2,1H3. The van der Waals surface area contributed by atoms with E-state index in [1.54, 1.807) is 0 Å². The van der Waals surface area contributed by atoms with Crippen LogP contribution in [0, 0.1) is 0 Å². The van der Waals surface area contributed by atoms with Gasteiger partial charge in [-0.3, -0.25) is 9.59 Å². The number of rotatable bonds is 4. The first-order chi connectivity index (χ1) is 9.70. The fourth-order valence-electron chi connectivity index (χ4n) is 1.71. The Bertz CT molecular complexity index is 625. The molecule has 21 heavy (non-hydrogen) atoms. The molecule has 1 N–H and O–H groups in total. The molecule has 1 aromatic heterocycles. The molecule has 6 nitrogen and oxygen atoms in total. The average Bonchev–Trinajstić information content (AvgIpc) is 3.19. The highest BCUT2D eigenvalue weighted by molar-refractivity contribution is 6.33. The quantitative estimate of drug-likeness (QED) is 0.851. The molecule has 1 heterocycles. The molecule has 1 aromatic rings. The minimum absolute atomic E-state index is 0.0991. The van der Waals surface area contributed by atoms with Gasteiger partial charge in [-0.05, 0) is 12.8 Å². The molecular weight excluding hydrogens is 315 g/mol. The maximum absolute atomic E-state index is 12.8. The number of hydrogen-bond donors (Lipinski definition) is 1. The van der Waals surface area contributed by atoms with Crippen LogP contribution in [-0.4, -0.2) is 34.6 Å². The van der Waals surface area contributed by atoms with E-state index in [0.29, 0.717) is 4.68 Å². The molecule has 0 saturated heterocycles. The van der Waals surface area contributed by atoms with Crippen molar-refractivity contribution < 1.29 is 22.7 Å². The summed E-state index contributed by atoms with van der Waals surface area (Å²) in [6.45, 7) is -0.472. The van der Waals surface area contributed by atoms with Gasteiger partial charge in [0.05, 0.1) is 19.0 Å². The monoisotopic (exact) mass is 325 g/mol. The van der Waals surface area contributed by atoms with E-state index in [1.807, 2.05) is 0 Å². The summed E-state index contributed by atoms with van der Waals surface area (Å²) >= 11 is 5.75. The Morgan fingerprint density at radius 1 is 1.57 bits per heavy atom. The molecule has 0 amide bonds. The van der Waals surface area contributed by atoms with Gasteiger partial charge in [-0.2, -0.15) is 18.3 Å². The van der Waals surface area contributed by atoms with Crippen molar-refractivity contribution in [3.8, 4) is 0 Å². The normalized spacial score (nSPS) is 16.4. The highest BCUT2D eigenvalue weighted by Crippen LogP contribution is 2.51. The van der Waals surface area contributed by atoms with Gasteiger partial charge in [0.15, 0.2) is 0 Å². The minimum atomic E-state index is -4.45. The van der Waals surface area contributed by atoms with Crippen LogP contribution in [0.25, 0.3) is 0 Å². The van der Waals surface area contributed by atoms with Gasteiger partial charge in [-0.1, -0.05) is 11.6 Å². The first-order valence-electron chi connectivity index (χ1n) is 5.87. The topological polar surface area (TPSA) is 73.2 Å². The summed E-state index contributed by atoms with van der Waals surface area (Å²) in [6, 6.07) is 0. The molecule has 2 rings (SSSR count). The number of carbonyl (C=O) groups is 1. The molecule has 1 saturated carbocycles. The number of hydrogen-bond acceptors (Lipinski definition) is 5. The van der Waals surface area contributed by atoms with Crippen LogP contribution in [0.1, 0.15) is 12.8 Å². The van der Waals surface area contributed by atoms with Gasteiger partial charge in [0.25, 0.3) is 5.56 Å². The van der Waals surface area contributed by atoms with E-state index in [1.165, 1.54) is 0 Å². The Morgan fingerprint density at radius 2 is 2.19 bits per heavy atom. The van der Waals surface area contributed by atoms with Crippen LogP contribution in [0.5, 0.6) is 0 Å². The van der Waals surface area contributed by atoms with Gasteiger partial charge < -0.3 is 10.1 Å². The number of nitrogens with one attached hydrogen (secondary N) is 1. The number of aromatic nitrogens is 2. The van der Waals surface area contributed by atoms with Crippen molar-refractivity contribution in [1.29, 1.82) is 0 Å². The summed E-state index contributed by atoms with van der Waals surface area (Å²) in [5.74, 6) is -0.727. The summed E-state index contributed by atoms with van der Waals surface area (Å²) in [5.41, 5.74) is -3.14. The van der Waals surface area contributed by atoms with Crippen LogP contribution in [0.2, 0.25) is 5.02 Å². The highest BCUT2D eigenvalue weighted by atomic mass is 35.5. The van der Waals surface area contributed by atoms with Crippen LogP contribution < -0.4 is 10.9 Å². The number of ether oxygens (including phenoxy) is 1. The lowest BCUT2D eigenvalue weighted by molar-refractivity contribution is -0.151. The van der Waals surface area contributed by atoms with Gasteiger partial charge in [-0.25, -0.2) is 4.68 Å². The van der Waals surface area contributed by atoms with Crippen LogP contribution in [0.15, 0.2) is 11.0 Å².